The second kappa shape index (κ2) is 6.06. The van der Waals surface area contributed by atoms with E-state index in [1.54, 1.807) is 0 Å². The summed E-state index contributed by atoms with van der Waals surface area (Å²) in [5.74, 6) is -2.47. The third-order valence-corrected chi connectivity index (χ3v) is 3.34. The number of methoxy groups -OCH3 is 1. The van der Waals surface area contributed by atoms with Gasteiger partial charge in [-0.2, -0.15) is 0 Å². The Morgan fingerprint density at radius 2 is 1.73 bits per heavy atom. The molecule has 1 aliphatic heterocycles. The molecule has 0 aliphatic carbocycles. The van der Waals surface area contributed by atoms with Gasteiger partial charge < -0.3 is 19.5 Å². The first-order valence-corrected chi connectivity index (χ1v) is 6.95. The highest BCUT2D eigenvalue weighted by Crippen LogP contribution is 2.34. The quantitative estimate of drug-likeness (QED) is 0.515. The van der Waals surface area contributed by atoms with Crippen LogP contribution in [0.25, 0.3) is 0 Å². The van der Waals surface area contributed by atoms with Crippen molar-refractivity contribution in [3.05, 3.63) is 34.0 Å². The van der Waals surface area contributed by atoms with Crippen LogP contribution in [0.15, 0.2) is 23.9 Å². The normalized spacial score (nSPS) is 16.7. The zero-order valence-electron chi connectivity index (χ0n) is 12.0. The van der Waals surface area contributed by atoms with Gasteiger partial charge in [-0.05, 0) is 6.07 Å². The Kier molecular flexibility index (Phi) is 4.53. The molecule has 22 heavy (non-hydrogen) atoms. The van der Waals surface area contributed by atoms with Crippen molar-refractivity contribution in [2.24, 2.45) is 0 Å². The lowest BCUT2D eigenvalue weighted by molar-refractivity contribution is -0.222. The molecule has 1 fully saturated rings. The first-order valence-electron chi connectivity index (χ1n) is 6.20. The first kappa shape index (κ1) is 16.5. The molecule has 0 bridgehead atoms. The van der Waals surface area contributed by atoms with Crippen LogP contribution in [0.4, 0.5) is 5.69 Å². The molecule has 0 amide bonds. The molecule has 8 heteroatoms. The van der Waals surface area contributed by atoms with Crippen LogP contribution in [-0.2, 0) is 19.1 Å². The highest BCUT2D eigenvalue weighted by atomic mass is 35.5. The summed E-state index contributed by atoms with van der Waals surface area (Å²) in [5.41, 5.74) is 0.130. The molecule has 2 rings (SSSR count). The fourth-order valence-corrected chi connectivity index (χ4v) is 2.24. The van der Waals surface area contributed by atoms with Crippen molar-refractivity contribution in [2.45, 2.75) is 19.6 Å². The predicted molar refractivity (Wildman–Crippen MR) is 81.0 cm³/mol. The SMILES string of the molecule is COc1cc(NC=C2C(=O)OC(C)(C)OC2=O)c(Cl)cc1Cl. The maximum Gasteiger partial charge on any atom is 0.350 e. The number of esters is 2. The van der Waals surface area contributed by atoms with E-state index in [2.05, 4.69) is 5.32 Å². The highest BCUT2D eigenvalue weighted by Gasteiger charge is 2.38. The Morgan fingerprint density at radius 3 is 2.27 bits per heavy atom. The molecule has 1 heterocycles. The van der Waals surface area contributed by atoms with Crippen LogP contribution >= 0.6 is 23.2 Å². The summed E-state index contributed by atoms with van der Waals surface area (Å²) in [4.78, 5) is 23.6. The van der Waals surface area contributed by atoms with Gasteiger partial charge in [0.25, 0.3) is 5.79 Å². The van der Waals surface area contributed by atoms with Crippen LogP contribution in [0.3, 0.4) is 0 Å². The largest absolute Gasteiger partial charge is 0.495 e. The molecule has 1 aromatic carbocycles. The van der Waals surface area contributed by atoms with Crippen LogP contribution in [0.5, 0.6) is 5.75 Å². The minimum Gasteiger partial charge on any atom is -0.495 e. The summed E-state index contributed by atoms with van der Waals surface area (Å²) in [6, 6.07) is 3.01. The average molecular weight is 346 g/mol. The number of cyclic esters (lactones) is 2. The Morgan fingerprint density at radius 1 is 1.14 bits per heavy atom. The van der Waals surface area contributed by atoms with Gasteiger partial charge in [0, 0.05) is 26.1 Å². The van der Waals surface area contributed by atoms with Gasteiger partial charge in [-0.15, -0.1) is 0 Å². The molecule has 0 spiro atoms. The van der Waals surface area contributed by atoms with Gasteiger partial charge in [0.15, 0.2) is 5.57 Å². The Balaban J connectivity index is 2.25. The number of anilines is 1. The fraction of sp³-hybridized carbons (Fsp3) is 0.286. The van der Waals surface area contributed by atoms with Gasteiger partial charge in [-0.1, -0.05) is 23.2 Å². The molecular formula is C14H13Cl2NO5. The third-order valence-electron chi connectivity index (χ3n) is 2.73. The fourth-order valence-electron chi connectivity index (χ4n) is 1.72. The summed E-state index contributed by atoms with van der Waals surface area (Å²) >= 11 is 12.0. The molecule has 0 radical (unpaired) electrons. The van der Waals surface area contributed by atoms with E-state index >= 15 is 0 Å². The number of rotatable bonds is 3. The van der Waals surface area contributed by atoms with E-state index in [9.17, 15) is 9.59 Å². The maximum absolute atomic E-state index is 11.8. The summed E-state index contributed by atoms with van der Waals surface area (Å²) in [6.45, 7) is 2.93. The number of hydrogen-bond acceptors (Lipinski definition) is 6. The Labute approximate surface area is 136 Å². The summed E-state index contributed by atoms with van der Waals surface area (Å²) in [5, 5.41) is 3.37. The van der Waals surface area contributed by atoms with Crippen LogP contribution in [0.1, 0.15) is 13.8 Å². The summed E-state index contributed by atoms with van der Waals surface area (Å²) in [6.07, 6.45) is 1.16. The summed E-state index contributed by atoms with van der Waals surface area (Å²) in [7, 11) is 1.45. The third kappa shape index (κ3) is 3.45. The van der Waals surface area contributed by atoms with Crippen molar-refractivity contribution in [3.8, 4) is 5.75 Å². The molecule has 0 aromatic heterocycles. The first-order chi connectivity index (χ1) is 10.2. The number of carbonyl (C=O) groups is 2. The lowest BCUT2D eigenvalue weighted by Crippen LogP contribution is -2.42. The van der Waals surface area contributed by atoms with Crippen molar-refractivity contribution in [2.75, 3.05) is 12.4 Å². The smallest absolute Gasteiger partial charge is 0.350 e. The molecule has 1 aromatic rings. The van der Waals surface area contributed by atoms with Crippen LogP contribution in [-0.4, -0.2) is 24.8 Å². The van der Waals surface area contributed by atoms with E-state index < -0.39 is 17.7 Å². The average Bonchev–Trinajstić information content (AvgIpc) is 2.38. The molecule has 118 valence electrons. The molecular weight excluding hydrogens is 333 g/mol. The lowest BCUT2D eigenvalue weighted by Gasteiger charge is -2.29. The van der Waals surface area contributed by atoms with Crippen molar-refractivity contribution < 1.29 is 23.8 Å². The molecule has 0 atom stereocenters. The standard InChI is InChI=1S/C14H13Cl2NO5/c1-14(2)21-12(18)7(13(19)22-14)6-17-10-5-11(20-3)9(16)4-8(10)15/h4-6,17H,1-3H3. The van der Waals surface area contributed by atoms with E-state index in [-0.39, 0.29) is 5.57 Å². The number of hydrogen-bond donors (Lipinski definition) is 1. The number of ether oxygens (including phenoxy) is 3. The van der Waals surface area contributed by atoms with Gasteiger partial charge in [-0.25, -0.2) is 9.59 Å². The van der Waals surface area contributed by atoms with E-state index in [1.807, 2.05) is 0 Å². The minimum atomic E-state index is -1.29. The van der Waals surface area contributed by atoms with Gasteiger partial charge in [0.1, 0.15) is 5.75 Å². The number of carbonyl (C=O) groups excluding carboxylic acids is 2. The highest BCUT2D eigenvalue weighted by molar-refractivity contribution is 6.37. The Bertz CT molecular complexity index is 647. The number of halogens is 2. The van der Waals surface area contributed by atoms with Gasteiger partial charge in [-0.3, -0.25) is 0 Å². The second-order valence-corrected chi connectivity index (χ2v) is 5.66. The molecule has 0 saturated carbocycles. The van der Waals surface area contributed by atoms with Gasteiger partial charge >= 0.3 is 11.9 Å². The van der Waals surface area contributed by atoms with Crippen LogP contribution in [0, 0.1) is 0 Å². The second-order valence-electron chi connectivity index (χ2n) is 4.85. The topological polar surface area (TPSA) is 73.9 Å². The van der Waals surface area contributed by atoms with E-state index in [0.29, 0.717) is 21.5 Å². The van der Waals surface area contributed by atoms with Crippen LogP contribution < -0.4 is 10.1 Å². The molecule has 0 unspecified atom stereocenters. The Hall–Kier alpha value is -1.92. The lowest BCUT2D eigenvalue weighted by atomic mass is 10.2. The van der Waals surface area contributed by atoms with Gasteiger partial charge in [0.2, 0.25) is 0 Å². The molecule has 1 saturated heterocycles. The molecule has 1 N–H and O–H groups in total. The zero-order chi connectivity index (χ0) is 16.5. The zero-order valence-corrected chi connectivity index (χ0v) is 13.5. The van der Waals surface area contributed by atoms with Crippen molar-refractivity contribution in [3.63, 3.8) is 0 Å². The maximum atomic E-state index is 11.8. The molecule has 6 nitrogen and oxygen atoms in total. The van der Waals surface area contributed by atoms with E-state index in [0.717, 1.165) is 6.20 Å². The van der Waals surface area contributed by atoms with E-state index in [1.165, 1.54) is 33.1 Å². The number of benzene rings is 1. The van der Waals surface area contributed by atoms with Crippen molar-refractivity contribution in [1.29, 1.82) is 0 Å². The number of nitrogens with one attached hydrogen (secondary N) is 1. The molecule has 1 aliphatic rings. The van der Waals surface area contributed by atoms with Crippen molar-refractivity contribution in [1.82, 2.24) is 0 Å². The minimum absolute atomic E-state index is 0.274. The van der Waals surface area contributed by atoms with E-state index in [4.69, 9.17) is 37.4 Å². The van der Waals surface area contributed by atoms with Gasteiger partial charge in [0.05, 0.1) is 22.8 Å². The summed E-state index contributed by atoms with van der Waals surface area (Å²) < 4.78 is 15.0. The monoisotopic (exact) mass is 345 g/mol. The van der Waals surface area contributed by atoms with Crippen molar-refractivity contribution >= 4 is 40.8 Å². The predicted octanol–water partition coefficient (Wildman–Crippen LogP) is 3.13. The van der Waals surface area contributed by atoms with Crippen LogP contribution in [0.2, 0.25) is 10.0 Å².